The van der Waals surface area contributed by atoms with Gasteiger partial charge in [-0.25, -0.2) is 4.98 Å². The number of thiazole rings is 1. The Bertz CT molecular complexity index is 1030. The van der Waals surface area contributed by atoms with Crippen LogP contribution in [0.25, 0.3) is 17.3 Å². The van der Waals surface area contributed by atoms with Crippen molar-refractivity contribution in [1.29, 1.82) is 0 Å². The van der Waals surface area contributed by atoms with Crippen molar-refractivity contribution >= 4 is 51.7 Å². The van der Waals surface area contributed by atoms with Gasteiger partial charge in [-0.3, -0.25) is 10.1 Å². The summed E-state index contributed by atoms with van der Waals surface area (Å²) in [7, 11) is 3.15. The molecule has 144 valence electrons. The van der Waals surface area contributed by atoms with E-state index in [0.29, 0.717) is 32.4 Å². The predicted octanol–water partition coefficient (Wildman–Crippen LogP) is 5.79. The fraction of sp³-hybridized carbons (Fsp3) is 0.100. The number of nitrogens with zero attached hydrogens (tertiary/aromatic N) is 1. The van der Waals surface area contributed by atoms with Crippen molar-refractivity contribution in [3.63, 3.8) is 0 Å². The average molecular weight is 435 g/mol. The minimum atomic E-state index is -0.312. The van der Waals surface area contributed by atoms with Gasteiger partial charge in [-0.05, 0) is 42.5 Å². The van der Waals surface area contributed by atoms with Gasteiger partial charge in [0, 0.05) is 27.6 Å². The highest BCUT2D eigenvalue weighted by atomic mass is 35.5. The summed E-state index contributed by atoms with van der Waals surface area (Å²) in [6.45, 7) is 0. The Kier molecular flexibility index (Phi) is 6.57. The van der Waals surface area contributed by atoms with Crippen LogP contribution in [0.1, 0.15) is 5.56 Å². The van der Waals surface area contributed by atoms with Crippen molar-refractivity contribution in [3.8, 4) is 22.8 Å². The number of methoxy groups -OCH3 is 2. The van der Waals surface area contributed by atoms with Gasteiger partial charge in [-0.1, -0.05) is 23.2 Å². The third-order valence-corrected chi connectivity index (χ3v) is 5.10. The smallest absolute Gasteiger partial charge is 0.250 e. The van der Waals surface area contributed by atoms with Crippen LogP contribution in [0.2, 0.25) is 10.0 Å². The van der Waals surface area contributed by atoms with Gasteiger partial charge in [0.2, 0.25) is 5.91 Å². The van der Waals surface area contributed by atoms with Crippen LogP contribution in [0.5, 0.6) is 11.5 Å². The number of halogens is 2. The quantitative estimate of drug-likeness (QED) is 0.498. The molecule has 0 aliphatic heterocycles. The Morgan fingerprint density at radius 2 is 1.96 bits per heavy atom. The Balaban J connectivity index is 1.72. The predicted molar refractivity (Wildman–Crippen MR) is 115 cm³/mol. The third kappa shape index (κ3) is 4.84. The first-order valence-corrected chi connectivity index (χ1v) is 9.75. The van der Waals surface area contributed by atoms with Crippen LogP contribution in [0.15, 0.2) is 47.9 Å². The first-order chi connectivity index (χ1) is 13.5. The second-order valence-electron chi connectivity index (χ2n) is 5.59. The van der Waals surface area contributed by atoms with Crippen LogP contribution in [-0.2, 0) is 4.79 Å². The van der Waals surface area contributed by atoms with E-state index < -0.39 is 0 Å². The molecule has 1 amide bonds. The van der Waals surface area contributed by atoms with E-state index in [1.165, 1.54) is 17.4 Å². The van der Waals surface area contributed by atoms with Crippen molar-refractivity contribution in [3.05, 3.63) is 63.5 Å². The second kappa shape index (κ2) is 9.10. The van der Waals surface area contributed by atoms with Gasteiger partial charge in [0.25, 0.3) is 0 Å². The maximum atomic E-state index is 12.3. The summed E-state index contributed by atoms with van der Waals surface area (Å²) in [5, 5.41) is 6.08. The number of anilines is 1. The summed E-state index contributed by atoms with van der Waals surface area (Å²) >= 11 is 13.4. The maximum Gasteiger partial charge on any atom is 0.250 e. The van der Waals surface area contributed by atoms with Gasteiger partial charge in [0.15, 0.2) is 5.13 Å². The Morgan fingerprint density at radius 3 is 2.68 bits per heavy atom. The lowest BCUT2D eigenvalue weighted by Gasteiger charge is -2.07. The molecule has 1 heterocycles. The number of nitrogens with one attached hydrogen (secondary N) is 1. The van der Waals surface area contributed by atoms with Crippen molar-refractivity contribution in [2.45, 2.75) is 0 Å². The largest absolute Gasteiger partial charge is 0.497 e. The second-order valence-corrected chi connectivity index (χ2v) is 7.29. The van der Waals surface area contributed by atoms with Crippen molar-refractivity contribution in [2.24, 2.45) is 0 Å². The molecule has 1 N–H and O–H groups in total. The third-order valence-electron chi connectivity index (χ3n) is 3.79. The Labute approximate surface area is 176 Å². The summed E-state index contributed by atoms with van der Waals surface area (Å²) in [6.07, 6.45) is 3.06. The molecule has 8 heteroatoms. The molecule has 0 saturated carbocycles. The first-order valence-electron chi connectivity index (χ1n) is 8.12. The lowest BCUT2D eigenvalue weighted by Crippen LogP contribution is -2.07. The number of rotatable bonds is 6. The Morgan fingerprint density at radius 1 is 1.14 bits per heavy atom. The molecule has 0 fully saturated rings. The number of carbonyl (C=O) groups excluding carboxylic acids is 1. The van der Waals surface area contributed by atoms with E-state index in [4.69, 9.17) is 32.7 Å². The van der Waals surface area contributed by atoms with Crippen LogP contribution >= 0.6 is 34.5 Å². The lowest BCUT2D eigenvalue weighted by molar-refractivity contribution is -0.111. The zero-order valence-corrected chi connectivity index (χ0v) is 17.4. The van der Waals surface area contributed by atoms with E-state index in [0.717, 1.165) is 11.1 Å². The summed E-state index contributed by atoms with van der Waals surface area (Å²) in [5.74, 6) is 0.997. The van der Waals surface area contributed by atoms with Gasteiger partial charge < -0.3 is 9.47 Å². The molecule has 0 unspecified atom stereocenters. The maximum absolute atomic E-state index is 12.3. The molecule has 1 aromatic heterocycles. The van der Waals surface area contributed by atoms with Crippen molar-refractivity contribution in [1.82, 2.24) is 4.98 Å². The Hall–Kier alpha value is -2.54. The number of amides is 1. The molecule has 0 atom stereocenters. The molecule has 0 radical (unpaired) electrons. The van der Waals surface area contributed by atoms with E-state index >= 15 is 0 Å². The molecular formula is C20H16Cl2N2O3S. The van der Waals surface area contributed by atoms with Crippen LogP contribution < -0.4 is 14.8 Å². The number of benzene rings is 2. The topological polar surface area (TPSA) is 60.5 Å². The minimum absolute atomic E-state index is 0.312. The van der Waals surface area contributed by atoms with Gasteiger partial charge >= 0.3 is 0 Å². The molecule has 3 aromatic rings. The van der Waals surface area contributed by atoms with Crippen LogP contribution in [0.3, 0.4) is 0 Å². The normalized spacial score (nSPS) is 10.9. The van der Waals surface area contributed by atoms with Crippen LogP contribution in [-0.4, -0.2) is 25.1 Å². The fourth-order valence-corrected chi connectivity index (χ4v) is 3.65. The molecule has 3 rings (SSSR count). The molecule has 0 bridgehead atoms. The zero-order valence-electron chi connectivity index (χ0n) is 15.0. The summed E-state index contributed by atoms with van der Waals surface area (Å²) < 4.78 is 10.5. The molecule has 2 aromatic carbocycles. The highest BCUT2D eigenvalue weighted by Gasteiger charge is 2.10. The van der Waals surface area contributed by atoms with Crippen LogP contribution in [0.4, 0.5) is 5.13 Å². The zero-order chi connectivity index (χ0) is 20.1. The number of hydrogen-bond acceptors (Lipinski definition) is 5. The van der Waals surface area contributed by atoms with Gasteiger partial charge in [-0.15, -0.1) is 11.3 Å². The average Bonchev–Trinajstić information content (AvgIpc) is 3.14. The fourth-order valence-electron chi connectivity index (χ4n) is 2.43. The monoisotopic (exact) mass is 434 g/mol. The lowest BCUT2D eigenvalue weighted by atomic mass is 10.1. The number of carbonyl (C=O) groups is 1. The molecule has 5 nitrogen and oxygen atoms in total. The van der Waals surface area contributed by atoms with Crippen LogP contribution in [0, 0.1) is 0 Å². The van der Waals surface area contributed by atoms with Crippen molar-refractivity contribution in [2.75, 3.05) is 19.5 Å². The van der Waals surface area contributed by atoms with Gasteiger partial charge in [0.05, 0.1) is 24.9 Å². The minimum Gasteiger partial charge on any atom is -0.497 e. The van der Waals surface area contributed by atoms with Crippen molar-refractivity contribution < 1.29 is 14.3 Å². The highest BCUT2D eigenvalue weighted by Crippen LogP contribution is 2.32. The van der Waals surface area contributed by atoms with E-state index in [9.17, 15) is 4.79 Å². The van der Waals surface area contributed by atoms with Gasteiger partial charge in [0.1, 0.15) is 11.5 Å². The van der Waals surface area contributed by atoms with Gasteiger partial charge in [-0.2, -0.15) is 0 Å². The molecular weight excluding hydrogens is 419 g/mol. The summed E-state index contributed by atoms with van der Waals surface area (Å²) in [4.78, 5) is 16.7. The standard InChI is InChI=1S/C20H16Cl2N2O3S/c1-26-14-5-7-18(27-2)12(9-14)3-8-19(25)24-20-23-17(11-28-20)15-6-4-13(21)10-16(15)22/h3-11H,1-2H3,(H,23,24,25)/b8-3+. The van der Waals surface area contributed by atoms with E-state index in [1.807, 2.05) is 5.38 Å². The number of ether oxygens (including phenoxy) is 2. The van der Waals surface area contributed by atoms with E-state index in [1.54, 1.807) is 56.7 Å². The molecule has 28 heavy (non-hydrogen) atoms. The summed E-state index contributed by atoms with van der Waals surface area (Å²) in [5.41, 5.74) is 2.14. The molecule has 0 aliphatic rings. The SMILES string of the molecule is COc1ccc(OC)c(/C=C/C(=O)Nc2nc(-c3ccc(Cl)cc3Cl)cs2)c1. The molecule has 0 spiro atoms. The number of hydrogen-bond donors (Lipinski definition) is 1. The number of aromatic nitrogens is 1. The molecule has 0 saturated heterocycles. The van der Waals surface area contributed by atoms with E-state index in [-0.39, 0.29) is 5.91 Å². The summed E-state index contributed by atoms with van der Waals surface area (Å²) in [6, 6.07) is 10.5. The highest BCUT2D eigenvalue weighted by molar-refractivity contribution is 7.14. The first kappa shape index (κ1) is 20.2. The van der Waals surface area contributed by atoms with E-state index in [2.05, 4.69) is 10.3 Å². The molecule has 0 aliphatic carbocycles.